The first-order chi connectivity index (χ1) is 8.83. The third-order valence-corrected chi connectivity index (χ3v) is 4.97. The van der Waals surface area contributed by atoms with Crippen LogP contribution < -0.4 is 5.32 Å². The smallest absolute Gasteiger partial charge is 0.253 e. The number of hydrogen-bond acceptors (Lipinski definition) is 4. The van der Waals surface area contributed by atoms with E-state index in [4.69, 9.17) is 9.47 Å². The number of morpholine rings is 1. The summed E-state index contributed by atoms with van der Waals surface area (Å²) in [5.74, 6) is 1.35. The Bertz CT molecular complexity index is 338. The normalized spacial score (nSPS) is 46.4. The summed E-state index contributed by atoms with van der Waals surface area (Å²) in [4.78, 5) is 14.4. The molecule has 4 aliphatic rings. The van der Waals surface area contributed by atoms with E-state index in [0.717, 1.165) is 19.6 Å². The number of rotatable bonds is 1. The van der Waals surface area contributed by atoms with E-state index in [1.807, 2.05) is 4.90 Å². The number of nitrogens with zero attached hydrogens (tertiary/aromatic N) is 1. The Morgan fingerprint density at radius 1 is 1.17 bits per heavy atom. The maximum atomic E-state index is 12.4. The maximum Gasteiger partial charge on any atom is 0.253 e. The molecule has 0 saturated carbocycles. The van der Waals surface area contributed by atoms with Crippen molar-refractivity contribution in [1.82, 2.24) is 10.2 Å². The van der Waals surface area contributed by atoms with Gasteiger partial charge < -0.3 is 19.7 Å². The van der Waals surface area contributed by atoms with E-state index in [-0.39, 0.29) is 12.0 Å². The number of fused-ring (bicyclic) bond motifs is 5. The minimum atomic E-state index is -0.267. The Labute approximate surface area is 107 Å². The summed E-state index contributed by atoms with van der Waals surface area (Å²) >= 11 is 0. The first-order valence-electron chi connectivity index (χ1n) is 7.09. The van der Waals surface area contributed by atoms with Gasteiger partial charge in [-0.15, -0.1) is 0 Å². The molecule has 100 valence electrons. The van der Waals surface area contributed by atoms with Crippen molar-refractivity contribution in [2.45, 2.75) is 31.2 Å². The van der Waals surface area contributed by atoms with Crippen molar-refractivity contribution in [3.05, 3.63) is 0 Å². The van der Waals surface area contributed by atoms with Crippen LogP contribution in [-0.4, -0.2) is 61.9 Å². The van der Waals surface area contributed by atoms with Gasteiger partial charge >= 0.3 is 0 Å². The largest absolute Gasteiger partial charge is 0.374 e. The highest BCUT2D eigenvalue weighted by atomic mass is 16.5. The highest BCUT2D eigenvalue weighted by molar-refractivity contribution is 5.81. The van der Waals surface area contributed by atoms with Crippen LogP contribution in [0.25, 0.3) is 0 Å². The van der Waals surface area contributed by atoms with E-state index < -0.39 is 0 Å². The zero-order valence-electron chi connectivity index (χ0n) is 10.5. The van der Waals surface area contributed by atoms with Gasteiger partial charge in [0.2, 0.25) is 0 Å². The zero-order chi connectivity index (χ0) is 12.1. The van der Waals surface area contributed by atoms with Crippen LogP contribution in [0.3, 0.4) is 0 Å². The average molecular weight is 252 g/mol. The standard InChI is InChI=1S/C13H20N2O3/c16-13(12-5-14-3-4-17-12)15-6-8-9(7-15)11-2-1-10(8)18-11/h8-12,14H,1-7H2. The lowest BCUT2D eigenvalue weighted by molar-refractivity contribution is -0.144. The summed E-state index contributed by atoms with van der Waals surface area (Å²) in [7, 11) is 0. The van der Waals surface area contributed by atoms with E-state index in [2.05, 4.69) is 5.32 Å². The summed E-state index contributed by atoms with van der Waals surface area (Å²) in [6, 6.07) is 0. The molecule has 0 radical (unpaired) electrons. The predicted molar refractivity (Wildman–Crippen MR) is 64.1 cm³/mol. The van der Waals surface area contributed by atoms with Gasteiger partial charge in [0.25, 0.3) is 5.91 Å². The van der Waals surface area contributed by atoms with Gasteiger partial charge in [-0.05, 0) is 12.8 Å². The monoisotopic (exact) mass is 252 g/mol. The molecule has 4 saturated heterocycles. The molecule has 5 nitrogen and oxygen atoms in total. The van der Waals surface area contributed by atoms with E-state index in [1.165, 1.54) is 12.8 Å². The lowest BCUT2D eigenvalue weighted by atomic mass is 9.82. The molecule has 0 aromatic rings. The van der Waals surface area contributed by atoms with Crippen LogP contribution in [0.1, 0.15) is 12.8 Å². The number of likely N-dealkylation sites (tertiary alicyclic amines) is 1. The van der Waals surface area contributed by atoms with E-state index in [1.54, 1.807) is 0 Å². The van der Waals surface area contributed by atoms with Gasteiger partial charge in [0, 0.05) is 38.0 Å². The number of nitrogens with one attached hydrogen (secondary N) is 1. The molecule has 4 aliphatic heterocycles. The second-order valence-electron chi connectivity index (χ2n) is 5.92. The van der Waals surface area contributed by atoms with Gasteiger partial charge in [-0.2, -0.15) is 0 Å². The lowest BCUT2D eigenvalue weighted by Gasteiger charge is -2.27. The molecule has 18 heavy (non-hydrogen) atoms. The highest BCUT2D eigenvalue weighted by Crippen LogP contribution is 2.47. The van der Waals surface area contributed by atoms with Crippen molar-refractivity contribution in [1.29, 1.82) is 0 Å². The minimum Gasteiger partial charge on any atom is -0.374 e. The Balaban J connectivity index is 1.43. The van der Waals surface area contributed by atoms with Crippen molar-refractivity contribution < 1.29 is 14.3 Å². The van der Waals surface area contributed by atoms with Crippen LogP contribution in [-0.2, 0) is 14.3 Å². The number of ether oxygens (including phenoxy) is 2. The van der Waals surface area contributed by atoms with Crippen molar-refractivity contribution in [2.75, 3.05) is 32.8 Å². The molecular formula is C13H20N2O3. The SMILES string of the molecule is O=C(C1CNCCO1)N1CC2C3CCC(O3)C2C1. The van der Waals surface area contributed by atoms with E-state index in [0.29, 0.717) is 37.2 Å². The number of carbonyl (C=O) groups is 1. The lowest BCUT2D eigenvalue weighted by Crippen LogP contribution is -2.49. The average Bonchev–Trinajstić information content (AvgIpc) is 3.10. The fourth-order valence-electron chi connectivity index (χ4n) is 4.07. The minimum absolute atomic E-state index is 0.177. The molecule has 1 N–H and O–H groups in total. The van der Waals surface area contributed by atoms with Gasteiger partial charge in [0.05, 0.1) is 18.8 Å². The van der Waals surface area contributed by atoms with Gasteiger partial charge in [-0.25, -0.2) is 0 Å². The molecule has 5 unspecified atom stereocenters. The third kappa shape index (κ3) is 1.61. The summed E-state index contributed by atoms with van der Waals surface area (Å²) < 4.78 is 11.5. The molecule has 0 aromatic heterocycles. The van der Waals surface area contributed by atoms with Crippen molar-refractivity contribution in [3.63, 3.8) is 0 Å². The zero-order valence-corrected chi connectivity index (χ0v) is 10.5. The van der Waals surface area contributed by atoms with Crippen LogP contribution in [0, 0.1) is 11.8 Å². The quantitative estimate of drug-likeness (QED) is 0.690. The molecular weight excluding hydrogens is 232 g/mol. The molecule has 4 fully saturated rings. The van der Waals surface area contributed by atoms with Crippen LogP contribution >= 0.6 is 0 Å². The Hall–Kier alpha value is -0.650. The van der Waals surface area contributed by atoms with Crippen LogP contribution in [0.4, 0.5) is 0 Å². The summed E-state index contributed by atoms with van der Waals surface area (Å²) in [6.07, 6.45) is 2.95. The molecule has 0 spiro atoms. The van der Waals surface area contributed by atoms with Crippen molar-refractivity contribution in [2.24, 2.45) is 11.8 Å². The number of amides is 1. The van der Waals surface area contributed by atoms with Gasteiger partial charge in [-0.1, -0.05) is 0 Å². The molecule has 5 atom stereocenters. The molecule has 0 aromatic carbocycles. The molecule has 0 aliphatic carbocycles. The fourth-order valence-corrected chi connectivity index (χ4v) is 4.07. The van der Waals surface area contributed by atoms with Gasteiger partial charge in [0.1, 0.15) is 6.10 Å². The Morgan fingerprint density at radius 2 is 1.89 bits per heavy atom. The van der Waals surface area contributed by atoms with Crippen LogP contribution in [0.5, 0.6) is 0 Å². The molecule has 5 heteroatoms. The summed E-state index contributed by atoms with van der Waals surface area (Å²) in [5.41, 5.74) is 0. The first-order valence-corrected chi connectivity index (χ1v) is 7.09. The Morgan fingerprint density at radius 3 is 2.50 bits per heavy atom. The van der Waals surface area contributed by atoms with E-state index in [9.17, 15) is 4.79 Å². The van der Waals surface area contributed by atoms with Gasteiger partial charge in [0.15, 0.2) is 0 Å². The number of carbonyl (C=O) groups excluding carboxylic acids is 1. The van der Waals surface area contributed by atoms with E-state index >= 15 is 0 Å². The topological polar surface area (TPSA) is 50.8 Å². The molecule has 4 rings (SSSR count). The predicted octanol–water partition coefficient (Wildman–Crippen LogP) is -0.389. The van der Waals surface area contributed by atoms with Crippen LogP contribution in [0.15, 0.2) is 0 Å². The maximum absolute atomic E-state index is 12.4. The third-order valence-electron chi connectivity index (χ3n) is 4.97. The fraction of sp³-hybridized carbons (Fsp3) is 0.923. The highest BCUT2D eigenvalue weighted by Gasteiger charge is 2.54. The first kappa shape index (κ1) is 11.2. The van der Waals surface area contributed by atoms with Crippen molar-refractivity contribution >= 4 is 5.91 Å². The summed E-state index contributed by atoms with van der Waals surface area (Å²) in [6.45, 7) is 3.92. The number of hydrogen-bond donors (Lipinski definition) is 1. The van der Waals surface area contributed by atoms with Crippen molar-refractivity contribution in [3.8, 4) is 0 Å². The second kappa shape index (κ2) is 4.18. The Kier molecular flexibility index (Phi) is 2.60. The molecule has 4 heterocycles. The van der Waals surface area contributed by atoms with Gasteiger partial charge in [-0.3, -0.25) is 4.79 Å². The summed E-state index contributed by atoms with van der Waals surface area (Å²) in [5, 5.41) is 3.22. The molecule has 1 amide bonds. The second-order valence-corrected chi connectivity index (χ2v) is 5.92. The molecule has 2 bridgehead atoms. The van der Waals surface area contributed by atoms with Crippen LogP contribution in [0.2, 0.25) is 0 Å².